The lowest BCUT2D eigenvalue weighted by Gasteiger charge is -1.90. The Morgan fingerprint density at radius 2 is 1.91 bits per heavy atom. The van der Waals surface area contributed by atoms with Crippen LogP contribution in [0.4, 0.5) is 0 Å². The van der Waals surface area contributed by atoms with Crippen molar-refractivity contribution >= 4 is 59.4 Å². The lowest BCUT2D eigenvalue weighted by molar-refractivity contribution is 0.558. The summed E-state index contributed by atoms with van der Waals surface area (Å²) in [6.07, 6.45) is 4.89. The van der Waals surface area contributed by atoms with Gasteiger partial charge < -0.3 is 8.83 Å². The first kappa shape index (κ1) is 15.0. The van der Waals surface area contributed by atoms with Gasteiger partial charge >= 0.3 is 0 Å². The second kappa shape index (κ2) is 6.92. The summed E-state index contributed by atoms with van der Waals surface area (Å²) in [6.45, 7) is 7.69. The average Bonchev–Trinajstić information content (AvgIpc) is 3.11. The van der Waals surface area contributed by atoms with E-state index in [1.165, 1.54) is 11.5 Å². The van der Waals surface area contributed by atoms with E-state index >= 15 is 0 Å². The summed E-state index contributed by atoms with van der Waals surface area (Å²) < 4.78 is 11.3. The Balaban J connectivity index is 1.67. The fourth-order valence-electron chi connectivity index (χ4n) is 2.05. The first-order chi connectivity index (χ1) is 10.8. The molecule has 1 aromatic carbocycles. The van der Waals surface area contributed by atoms with Crippen LogP contribution in [-0.4, -0.2) is 23.1 Å². The molecular formula is C15H14B2N2O2S. The number of oxazole rings is 2. The van der Waals surface area contributed by atoms with Gasteiger partial charge in [-0.3, -0.25) is 0 Å². The van der Waals surface area contributed by atoms with Gasteiger partial charge in [0.15, 0.2) is 17.2 Å². The second-order valence-electron chi connectivity index (χ2n) is 4.59. The van der Waals surface area contributed by atoms with E-state index in [-0.39, 0.29) is 0 Å². The minimum Gasteiger partial charge on any atom is -0.451 e. The normalized spacial score (nSPS) is 13.0. The van der Waals surface area contributed by atoms with Crippen LogP contribution in [0.5, 0.6) is 0 Å². The minimum absolute atomic E-state index is 0.580. The summed E-state index contributed by atoms with van der Waals surface area (Å²) in [7, 11) is 0. The van der Waals surface area contributed by atoms with E-state index in [9.17, 15) is 0 Å². The van der Waals surface area contributed by atoms with Gasteiger partial charge in [0, 0.05) is 0 Å². The molecule has 0 aliphatic heterocycles. The monoisotopic (exact) mass is 308 g/mol. The molecule has 108 valence electrons. The molecule has 2 heterocycles. The van der Waals surface area contributed by atoms with Gasteiger partial charge in [-0.1, -0.05) is 25.1 Å². The SMILES string of the molecule is C/C=c1/oc([B]S[B]c2nc3ccccc3o2)n/c1=C/CC. The van der Waals surface area contributed by atoms with Gasteiger partial charge in [0.2, 0.25) is 0 Å². The van der Waals surface area contributed by atoms with Crippen molar-refractivity contribution in [2.75, 3.05) is 0 Å². The van der Waals surface area contributed by atoms with Crippen molar-refractivity contribution in [1.29, 1.82) is 0 Å². The quantitative estimate of drug-likeness (QED) is 0.651. The number of hydrogen-bond donors (Lipinski definition) is 0. The molecule has 22 heavy (non-hydrogen) atoms. The largest absolute Gasteiger partial charge is 0.451 e. The van der Waals surface area contributed by atoms with E-state index in [1.807, 2.05) is 56.5 Å². The molecule has 0 atom stereocenters. The summed E-state index contributed by atoms with van der Waals surface area (Å²) in [6, 6.07) is 7.69. The van der Waals surface area contributed by atoms with Crippen LogP contribution in [0.15, 0.2) is 33.1 Å². The Morgan fingerprint density at radius 3 is 2.64 bits per heavy atom. The highest BCUT2D eigenvalue weighted by molar-refractivity contribution is 8.42. The van der Waals surface area contributed by atoms with Crippen molar-refractivity contribution in [3.8, 4) is 0 Å². The second-order valence-corrected chi connectivity index (χ2v) is 5.34. The molecule has 2 aromatic heterocycles. The zero-order valence-corrected chi connectivity index (χ0v) is 13.3. The molecule has 7 heteroatoms. The van der Waals surface area contributed by atoms with Crippen LogP contribution in [0.1, 0.15) is 20.3 Å². The van der Waals surface area contributed by atoms with E-state index in [0.29, 0.717) is 11.6 Å². The van der Waals surface area contributed by atoms with Crippen LogP contribution in [0, 0.1) is 0 Å². The lowest BCUT2D eigenvalue weighted by Crippen LogP contribution is -2.23. The zero-order valence-electron chi connectivity index (χ0n) is 12.4. The zero-order chi connectivity index (χ0) is 15.4. The van der Waals surface area contributed by atoms with Crippen LogP contribution >= 0.6 is 11.5 Å². The van der Waals surface area contributed by atoms with Crippen molar-refractivity contribution in [1.82, 2.24) is 9.97 Å². The van der Waals surface area contributed by atoms with Crippen molar-refractivity contribution in [3.63, 3.8) is 0 Å². The fourth-order valence-corrected chi connectivity index (χ4v) is 2.55. The van der Waals surface area contributed by atoms with Gasteiger partial charge in [-0.2, -0.15) is 0 Å². The number of fused-ring (bicyclic) bond motifs is 1. The smallest absolute Gasteiger partial charge is 0.293 e. The predicted octanol–water partition coefficient (Wildman–Crippen LogP) is 0.729. The maximum Gasteiger partial charge on any atom is 0.293 e. The average molecular weight is 308 g/mol. The number of hydrogen-bond acceptors (Lipinski definition) is 5. The summed E-state index contributed by atoms with van der Waals surface area (Å²) >= 11 is 1.44. The number of rotatable bonds is 5. The van der Waals surface area contributed by atoms with Crippen LogP contribution < -0.4 is 22.3 Å². The minimum atomic E-state index is 0.580. The Bertz CT molecular complexity index is 855. The van der Waals surface area contributed by atoms with Crippen molar-refractivity contribution in [3.05, 3.63) is 35.0 Å². The molecule has 0 spiro atoms. The molecule has 0 aliphatic carbocycles. The van der Waals surface area contributed by atoms with Crippen LogP contribution in [0.2, 0.25) is 0 Å². The Kier molecular flexibility index (Phi) is 4.73. The lowest BCUT2D eigenvalue weighted by atomic mass is 10.1. The van der Waals surface area contributed by atoms with Crippen LogP contribution in [0.3, 0.4) is 0 Å². The third kappa shape index (κ3) is 3.30. The fraction of sp³-hybridized carbons (Fsp3) is 0.200. The molecule has 0 N–H and O–H groups in total. The highest BCUT2D eigenvalue weighted by Gasteiger charge is 2.10. The molecule has 3 rings (SSSR count). The van der Waals surface area contributed by atoms with Gasteiger partial charge in [0.25, 0.3) is 13.1 Å². The molecule has 0 aliphatic rings. The molecule has 0 bridgehead atoms. The molecule has 0 amide bonds. The van der Waals surface area contributed by atoms with E-state index in [4.69, 9.17) is 8.83 Å². The van der Waals surface area contributed by atoms with Gasteiger partial charge in [0.05, 0.1) is 0 Å². The number of aromatic nitrogens is 2. The topological polar surface area (TPSA) is 52.1 Å². The van der Waals surface area contributed by atoms with E-state index in [2.05, 4.69) is 16.9 Å². The van der Waals surface area contributed by atoms with E-state index in [0.717, 1.165) is 28.3 Å². The highest BCUT2D eigenvalue weighted by atomic mass is 32.2. The first-order valence-electron chi connectivity index (χ1n) is 7.11. The van der Waals surface area contributed by atoms with Gasteiger partial charge in [0.1, 0.15) is 16.3 Å². The molecule has 0 saturated heterocycles. The van der Waals surface area contributed by atoms with E-state index < -0.39 is 0 Å². The molecule has 3 aromatic rings. The first-order valence-corrected chi connectivity index (χ1v) is 8.05. The highest BCUT2D eigenvalue weighted by Crippen LogP contribution is 2.09. The summed E-state index contributed by atoms with van der Waals surface area (Å²) in [5, 5.41) is 0.888. The molecule has 4 nitrogen and oxygen atoms in total. The summed E-state index contributed by atoms with van der Waals surface area (Å²) in [5.41, 5.74) is 2.44. The molecule has 0 saturated carbocycles. The van der Waals surface area contributed by atoms with Crippen molar-refractivity contribution < 1.29 is 8.83 Å². The standard InChI is InChI=1S/C15H14B2N2O2S/c1-3-7-10-12(4-2)20-14(18-10)16-22-17-15-19-11-8-5-6-9-13(11)21-15/h4-9H,3H2,1-2H3/b10-7+,12-4+. The predicted molar refractivity (Wildman–Crippen MR) is 93.0 cm³/mol. The Labute approximate surface area is 134 Å². The van der Waals surface area contributed by atoms with Crippen LogP contribution in [0.25, 0.3) is 23.3 Å². The van der Waals surface area contributed by atoms with Gasteiger partial charge in [-0.05, 0) is 31.6 Å². The molecule has 0 unspecified atom stereocenters. The van der Waals surface area contributed by atoms with Crippen LogP contribution in [-0.2, 0) is 0 Å². The third-order valence-electron chi connectivity index (χ3n) is 3.01. The Morgan fingerprint density at radius 1 is 1.14 bits per heavy atom. The number of benzene rings is 1. The van der Waals surface area contributed by atoms with Crippen molar-refractivity contribution in [2.45, 2.75) is 20.3 Å². The molecule has 2 radical (unpaired) electrons. The molecular weight excluding hydrogens is 294 g/mol. The van der Waals surface area contributed by atoms with Crippen molar-refractivity contribution in [2.24, 2.45) is 0 Å². The summed E-state index contributed by atoms with van der Waals surface area (Å²) in [5.74, 6) is 1.17. The number of nitrogens with zero attached hydrogens (tertiary/aromatic N) is 2. The number of para-hydroxylation sites is 2. The maximum atomic E-state index is 5.67. The third-order valence-corrected chi connectivity index (χ3v) is 3.68. The van der Waals surface area contributed by atoms with Gasteiger partial charge in [-0.15, -0.1) is 0 Å². The molecule has 0 fully saturated rings. The maximum absolute atomic E-state index is 5.67. The summed E-state index contributed by atoms with van der Waals surface area (Å²) in [4.78, 5) is 8.83. The Hall–Kier alpha value is -1.88. The van der Waals surface area contributed by atoms with E-state index in [1.54, 1.807) is 0 Å². The van der Waals surface area contributed by atoms with Gasteiger partial charge in [-0.25, -0.2) is 21.4 Å².